The van der Waals surface area contributed by atoms with Crippen LogP contribution in [0.3, 0.4) is 0 Å². The van der Waals surface area contributed by atoms with Crippen LogP contribution in [0.1, 0.15) is 37.8 Å². The normalized spacial score (nSPS) is 22.3. The van der Waals surface area contributed by atoms with Crippen LogP contribution >= 0.6 is 12.6 Å². The minimum atomic E-state index is -0.555. The fraction of sp³-hybridized carbons (Fsp3) is 0.565. The summed E-state index contributed by atoms with van der Waals surface area (Å²) in [5, 5.41) is 0.0922. The smallest absolute Gasteiger partial charge is 0.320 e. The number of carbonyl (C=O) groups excluding carboxylic acids is 2. The zero-order valence-corrected chi connectivity index (χ0v) is 18.6. The Balaban J connectivity index is 1.73. The van der Waals surface area contributed by atoms with Crippen molar-refractivity contribution in [3.05, 3.63) is 47.3 Å². The van der Waals surface area contributed by atoms with Crippen molar-refractivity contribution in [2.24, 2.45) is 5.92 Å². The first-order chi connectivity index (χ1) is 14.4. The van der Waals surface area contributed by atoms with E-state index in [1.165, 1.54) is 6.07 Å². The molecule has 2 fully saturated rings. The lowest BCUT2D eigenvalue weighted by Crippen LogP contribution is -2.43. The second kappa shape index (κ2) is 10.6. The molecule has 0 amide bonds. The molecule has 0 N–H and O–H groups in total. The lowest BCUT2D eigenvalue weighted by Gasteiger charge is -2.38. The Morgan fingerprint density at radius 3 is 2.73 bits per heavy atom. The number of likely N-dealkylation sites (N-methyl/N-ethyl adjacent to an activating group) is 1. The number of nitrogens with zero attached hydrogens (tertiary/aromatic N) is 2. The van der Waals surface area contributed by atoms with Crippen LogP contribution in [-0.2, 0) is 14.3 Å². The number of ketones is 1. The van der Waals surface area contributed by atoms with Gasteiger partial charge in [0.15, 0.2) is 5.78 Å². The van der Waals surface area contributed by atoms with E-state index in [0.29, 0.717) is 31.8 Å². The average Bonchev–Trinajstić information content (AvgIpc) is 3.55. The van der Waals surface area contributed by atoms with Gasteiger partial charge in [-0.25, -0.2) is 4.39 Å². The summed E-state index contributed by atoms with van der Waals surface area (Å²) in [6.45, 7) is 4.22. The molecule has 1 heterocycles. The van der Waals surface area contributed by atoms with E-state index in [1.807, 2.05) is 11.9 Å². The number of benzene rings is 1. The van der Waals surface area contributed by atoms with Gasteiger partial charge in [0, 0.05) is 36.4 Å². The lowest BCUT2D eigenvalue weighted by molar-refractivity contribution is -0.144. The molecule has 0 bridgehead atoms. The Labute approximate surface area is 183 Å². The third-order valence-electron chi connectivity index (χ3n) is 5.69. The predicted octanol–water partition coefficient (Wildman–Crippen LogP) is 3.27. The zero-order valence-electron chi connectivity index (χ0n) is 17.7. The van der Waals surface area contributed by atoms with Crippen molar-refractivity contribution in [2.45, 2.75) is 37.5 Å². The summed E-state index contributed by atoms with van der Waals surface area (Å²) in [4.78, 5) is 28.7. The van der Waals surface area contributed by atoms with Gasteiger partial charge in [0.1, 0.15) is 5.82 Å². The average molecular weight is 435 g/mol. The number of likely N-dealkylation sites (tertiary alicyclic amines) is 1. The van der Waals surface area contributed by atoms with Crippen molar-refractivity contribution in [1.82, 2.24) is 9.80 Å². The van der Waals surface area contributed by atoms with Crippen LogP contribution in [0, 0.1) is 11.7 Å². The molecule has 1 aliphatic heterocycles. The molecule has 1 aliphatic carbocycles. The highest BCUT2D eigenvalue weighted by atomic mass is 32.1. The zero-order chi connectivity index (χ0) is 21.7. The number of thiol groups is 1. The lowest BCUT2D eigenvalue weighted by atomic mass is 9.93. The summed E-state index contributed by atoms with van der Waals surface area (Å²) in [5.74, 6) is -0.409. The first-order valence-electron chi connectivity index (χ1n) is 10.6. The Morgan fingerprint density at radius 1 is 1.33 bits per heavy atom. The third kappa shape index (κ3) is 5.93. The van der Waals surface area contributed by atoms with Crippen molar-refractivity contribution < 1.29 is 18.7 Å². The molecule has 30 heavy (non-hydrogen) atoms. The van der Waals surface area contributed by atoms with E-state index in [1.54, 1.807) is 25.1 Å². The number of carbonyl (C=O) groups is 2. The standard InChI is InChI=1S/C23H31FN2O3S/c1-3-29-21(27)15-25(2)12-10-17-14-26(13-11-20(17)30)22(23(28)16-8-9-16)18-6-4-5-7-19(18)24/h4-7,10,16,20,22,30H,3,8-9,11-15H2,1-2H3. The van der Waals surface area contributed by atoms with Gasteiger partial charge in [0.2, 0.25) is 0 Å². The second-order valence-corrected chi connectivity index (χ2v) is 8.78. The van der Waals surface area contributed by atoms with Gasteiger partial charge < -0.3 is 4.74 Å². The molecule has 7 heteroatoms. The molecule has 2 aliphatic rings. The molecular formula is C23H31FN2O3S. The monoisotopic (exact) mass is 434 g/mol. The van der Waals surface area contributed by atoms with E-state index in [0.717, 1.165) is 24.8 Å². The first kappa shape index (κ1) is 23.0. The van der Waals surface area contributed by atoms with E-state index in [-0.39, 0.29) is 35.3 Å². The molecule has 1 saturated carbocycles. The number of halogens is 1. The van der Waals surface area contributed by atoms with Crippen molar-refractivity contribution >= 4 is 24.4 Å². The predicted molar refractivity (Wildman–Crippen MR) is 118 cm³/mol. The number of ether oxygens (including phenoxy) is 1. The maximum atomic E-state index is 14.6. The van der Waals surface area contributed by atoms with Gasteiger partial charge in [0.25, 0.3) is 0 Å². The van der Waals surface area contributed by atoms with Crippen molar-refractivity contribution in [2.75, 3.05) is 39.8 Å². The van der Waals surface area contributed by atoms with E-state index in [2.05, 4.69) is 11.0 Å². The van der Waals surface area contributed by atoms with Crippen LogP contribution in [0.4, 0.5) is 4.39 Å². The molecule has 5 nitrogen and oxygen atoms in total. The van der Waals surface area contributed by atoms with E-state index in [9.17, 15) is 14.0 Å². The largest absolute Gasteiger partial charge is 0.465 e. The summed E-state index contributed by atoms with van der Waals surface area (Å²) in [6, 6.07) is 6.04. The first-order valence-corrected chi connectivity index (χ1v) is 11.2. The van der Waals surface area contributed by atoms with Crippen LogP contribution in [0.2, 0.25) is 0 Å². The van der Waals surface area contributed by atoms with Crippen LogP contribution < -0.4 is 0 Å². The van der Waals surface area contributed by atoms with Crippen molar-refractivity contribution in [1.29, 1.82) is 0 Å². The van der Waals surface area contributed by atoms with Gasteiger partial charge in [-0.1, -0.05) is 24.3 Å². The highest BCUT2D eigenvalue weighted by Gasteiger charge is 2.40. The number of hydrogen-bond donors (Lipinski definition) is 1. The van der Waals surface area contributed by atoms with Gasteiger partial charge in [-0.3, -0.25) is 19.4 Å². The number of Topliss-reactive ketones (excluding diaryl/α,β-unsaturated/α-hetero) is 1. The molecule has 1 aromatic carbocycles. The van der Waals surface area contributed by atoms with Crippen LogP contribution in [0.25, 0.3) is 0 Å². The fourth-order valence-corrected chi connectivity index (χ4v) is 4.20. The van der Waals surface area contributed by atoms with E-state index in [4.69, 9.17) is 17.4 Å². The van der Waals surface area contributed by atoms with Crippen LogP contribution in [0.15, 0.2) is 35.9 Å². The van der Waals surface area contributed by atoms with Crippen LogP contribution in [-0.4, -0.2) is 66.6 Å². The molecule has 0 spiro atoms. The van der Waals surface area contributed by atoms with Gasteiger partial charge in [-0.2, -0.15) is 12.6 Å². The van der Waals surface area contributed by atoms with Gasteiger partial charge in [-0.05, 0) is 44.9 Å². The highest BCUT2D eigenvalue weighted by Crippen LogP contribution is 2.39. The van der Waals surface area contributed by atoms with Crippen molar-refractivity contribution in [3.8, 4) is 0 Å². The van der Waals surface area contributed by atoms with Gasteiger partial charge in [0.05, 0.1) is 19.2 Å². The van der Waals surface area contributed by atoms with Crippen LogP contribution in [0.5, 0.6) is 0 Å². The second-order valence-electron chi connectivity index (χ2n) is 8.16. The molecule has 0 aromatic heterocycles. The van der Waals surface area contributed by atoms with Crippen molar-refractivity contribution in [3.63, 3.8) is 0 Å². The van der Waals surface area contributed by atoms with E-state index >= 15 is 0 Å². The highest BCUT2D eigenvalue weighted by molar-refractivity contribution is 7.81. The Bertz CT molecular complexity index is 796. The summed E-state index contributed by atoms with van der Waals surface area (Å²) in [5.41, 5.74) is 1.57. The molecule has 2 unspecified atom stereocenters. The minimum absolute atomic E-state index is 0.0477. The number of piperidine rings is 1. The summed E-state index contributed by atoms with van der Waals surface area (Å²) >= 11 is 4.72. The summed E-state index contributed by atoms with van der Waals surface area (Å²) in [7, 11) is 1.86. The number of hydrogen-bond acceptors (Lipinski definition) is 6. The Kier molecular flexibility index (Phi) is 8.08. The number of esters is 1. The Hall–Kier alpha value is -1.70. The van der Waals surface area contributed by atoms with E-state index < -0.39 is 6.04 Å². The molecular weight excluding hydrogens is 403 g/mol. The SMILES string of the molecule is CCOC(=O)CN(C)CC=C1CN(C(C(=O)C2CC2)c2ccccc2F)CCC1S. The maximum absolute atomic E-state index is 14.6. The summed E-state index contributed by atoms with van der Waals surface area (Å²) in [6.07, 6.45) is 4.66. The van der Waals surface area contributed by atoms with Gasteiger partial charge in [-0.15, -0.1) is 0 Å². The molecule has 1 saturated heterocycles. The molecule has 164 valence electrons. The quantitative estimate of drug-likeness (QED) is 0.367. The third-order valence-corrected chi connectivity index (χ3v) is 6.28. The van der Waals surface area contributed by atoms with Gasteiger partial charge >= 0.3 is 5.97 Å². The molecule has 1 aromatic rings. The minimum Gasteiger partial charge on any atom is -0.465 e. The molecule has 2 atom stereocenters. The maximum Gasteiger partial charge on any atom is 0.320 e. The molecule has 3 rings (SSSR count). The Morgan fingerprint density at radius 2 is 2.07 bits per heavy atom. The fourth-order valence-electron chi connectivity index (χ4n) is 3.90. The topological polar surface area (TPSA) is 49.9 Å². The summed E-state index contributed by atoms with van der Waals surface area (Å²) < 4.78 is 19.6. The number of rotatable bonds is 9. The molecule has 0 radical (unpaired) electrons.